The summed E-state index contributed by atoms with van der Waals surface area (Å²) in [5.74, 6) is -2.92. The Hall–Kier alpha value is -0.670. The number of carbonyl (C=O) groups is 1. The fourth-order valence-corrected chi connectivity index (χ4v) is 1.23. The van der Waals surface area contributed by atoms with Gasteiger partial charge in [-0.15, -0.1) is 0 Å². The second-order valence-corrected chi connectivity index (χ2v) is 3.61. The minimum atomic E-state index is -2.66. The smallest absolute Gasteiger partial charge is 0.265 e. The SMILES string of the molecule is CC(=O)N1CCCC(F)(F)C1.CCC. The van der Waals surface area contributed by atoms with Crippen LogP contribution in [0.3, 0.4) is 0 Å². The maximum atomic E-state index is 12.6. The van der Waals surface area contributed by atoms with Gasteiger partial charge in [-0.2, -0.15) is 0 Å². The summed E-state index contributed by atoms with van der Waals surface area (Å²) < 4.78 is 25.2. The molecular weight excluding hydrogens is 188 g/mol. The lowest BCUT2D eigenvalue weighted by Crippen LogP contribution is -2.44. The van der Waals surface area contributed by atoms with E-state index in [0.717, 1.165) is 0 Å². The van der Waals surface area contributed by atoms with Gasteiger partial charge in [-0.1, -0.05) is 20.3 Å². The lowest BCUT2D eigenvalue weighted by atomic mass is 10.1. The highest BCUT2D eigenvalue weighted by molar-refractivity contribution is 5.73. The average molecular weight is 207 g/mol. The fraction of sp³-hybridized carbons (Fsp3) is 0.900. The molecule has 1 fully saturated rings. The summed E-state index contributed by atoms with van der Waals surface area (Å²) >= 11 is 0. The van der Waals surface area contributed by atoms with E-state index >= 15 is 0 Å². The molecule has 0 atom stereocenters. The van der Waals surface area contributed by atoms with Gasteiger partial charge in [0.05, 0.1) is 6.54 Å². The molecule has 0 N–H and O–H groups in total. The number of likely N-dealkylation sites (tertiary alicyclic amines) is 1. The second-order valence-electron chi connectivity index (χ2n) is 3.61. The maximum absolute atomic E-state index is 12.6. The Morgan fingerprint density at radius 3 is 2.21 bits per heavy atom. The van der Waals surface area contributed by atoms with Crippen molar-refractivity contribution in [2.24, 2.45) is 0 Å². The van der Waals surface area contributed by atoms with Crippen LogP contribution in [-0.2, 0) is 4.79 Å². The molecule has 14 heavy (non-hydrogen) atoms. The molecule has 84 valence electrons. The first kappa shape index (κ1) is 13.3. The van der Waals surface area contributed by atoms with E-state index in [9.17, 15) is 13.6 Å². The Labute approximate surface area is 84.3 Å². The molecule has 0 radical (unpaired) electrons. The molecule has 1 rings (SSSR count). The fourth-order valence-electron chi connectivity index (χ4n) is 1.23. The zero-order valence-corrected chi connectivity index (χ0v) is 9.15. The average Bonchev–Trinajstić information content (AvgIpc) is 2.03. The summed E-state index contributed by atoms with van der Waals surface area (Å²) in [6, 6.07) is 0. The van der Waals surface area contributed by atoms with Crippen LogP contribution < -0.4 is 0 Å². The van der Waals surface area contributed by atoms with Crippen molar-refractivity contribution in [3.63, 3.8) is 0 Å². The molecule has 0 aromatic heterocycles. The van der Waals surface area contributed by atoms with Crippen molar-refractivity contribution in [2.75, 3.05) is 13.1 Å². The van der Waals surface area contributed by atoms with Crippen LogP contribution >= 0.6 is 0 Å². The highest BCUT2D eigenvalue weighted by Gasteiger charge is 2.35. The molecule has 0 spiro atoms. The first-order valence-corrected chi connectivity index (χ1v) is 5.06. The van der Waals surface area contributed by atoms with Crippen molar-refractivity contribution in [3.05, 3.63) is 0 Å². The van der Waals surface area contributed by atoms with Crippen molar-refractivity contribution >= 4 is 5.91 Å². The summed E-state index contributed by atoms with van der Waals surface area (Å²) in [6.07, 6.45) is 1.57. The highest BCUT2D eigenvalue weighted by Crippen LogP contribution is 2.26. The molecular formula is C10H19F2NO. The van der Waals surface area contributed by atoms with Gasteiger partial charge in [-0.25, -0.2) is 8.78 Å². The molecule has 0 aromatic carbocycles. The Morgan fingerprint density at radius 1 is 1.43 bits per heavy atom. The third-order valence-electron chi connectivity index (χ3n) is 1.84. The van der Waals surface area contributed by atoms with Gasteiger partial charge in [0.15, 0.2) is 0 Å². The molecule has 1 aliphatic heterocycles. The minimum absolute atomic E-state index is 0.0865. The van der Waals surface area contributed by atoms with Crippen LogP contribution in [0.2, 0.25) is 0 Å². The van der Waals surface area contributed by atoms with E-state index in [4.69, 9.17) is 0 Å². The van der Waals surface area contributed by atoms with E-state index in [2.05, 4.69) is 13.8 Å². The van der Waals surface area contributed by atoms with E-state index in [1.54, 1.807) is 0 Å². The summed E-state index contributed by atoms with van der Waals surface area (Å²) in [6.45, 7) is 5.65. The number of hydrogen-bond donors (Lipinski definition) is 0. The molecule has 0 aliphatic carbocycles. The van der Waals surface area contributed by atoms with Crippen LogP contribution in [0.1, 0.15) is 40.0 Å². The Bertz CT molecular complexity index is 183. The molecule has 0 unspecified atom stereocenters. The molecule has 0 bridgehead atoms. The Kier molecular flexibility index (Phi) is 5.65. The van der Waals surface area contributed by atoms with Crippen LogP contribution in [0.25, 0.3) is 0 Å². The number of halogens is 2. The van der Waals surface area contributed by atoms with E-state index < -0.39 is 12.5 Å². The van der Waals surface area contributed by atoms with Crippen molar-refractivity contribution in [2.45, 2.75) is 46.0 Å². The number of alkyl halides is 2. The Morgan fingerprint density at radius 2 is 1.93 bits per heavy atom. The van der Waals surface area contributed by atoms with Crippen LogP contribution in [0.5, 0.6) is 0 Å². The molecule has 0 aromatic rings. The first-order chi connectivity index (χ1) is 6.43. The first-order valence-electron chi connectivity index (χ1n) is 5.06. The molecule has 1 saturated heterocycles. The van der Waals surface area contributed by atoms with Gasteiger partial charge in [-0.3, -0.25) is 4.79 Å². The van der Waals surface area contributed by atoms with Gasteiger partial charge in [0.1, 0.15) is 0 Å². The highest BCUT2D eigenvalue weighted by atomic mass is 19.3. The maximum Gasteiger partial charge on any atom is 0.265 e. The van der Waals surface area contributed by atoms with Crippen LogP contribution in [-0.4, -0.2) is 29.8 Å². The van der Waals surface area contributed by atoms with Crippen LogP contribution in [0.15, 0.2) is 0 Å². The minimum Gasteiger partial charge on any atom is -0.337 e. The number of carbonyl (C=O) groups excluding carboxylic acids is 1. The van der Waals surface area contributed by atoms with Gasteiger partial charge in [0, 0.05) is 19.9 Å². The van der Waals surface area contributed by atoms with E-state index in [1.807, 2.05) is 0 Å². The monoisotopic (exact) mass is 207 g/mol. The predicted octanol–water partition coefficient (Wildman–Crippen LogP) is 2.68. The molecule has 2 nitrogen and oxygen atoms in total. The van der Waals surface area contributed by atoms with Crippen molar-refractivity contribution in [1.82, 2.24) is 4.90 Å². The summed E-state index contributed by atoms with van der Waals surface area (Å²) in [7, 11) is 0. The molecule has 1 aliphatic rings. The third kappa shape index (κ3) is 5.14. The van der Waals surface area contributed by atoms with Gasteiger partial charge in [-0.05, 0) is 6.42 Å². The lowest BCUT2D eigenvalue weighted by molar-refractivity contribution is -0.139. The number of piperidine rings is 1. The number of amides is 1. The number of rotatable bonds is 0. The van der Waals surface area contributed by atoms with Gasteiger partial charge >= 0.3 is 0 Å². The quantitative estimate of drug-likeness (QED) is 0.598. The van der Waals surface area contributed by atoms with Gasteiger partial charge in [0.25, 0.3) is 5.92 Å². The zero-order chi connectivity index (χ0) is 11.2. The van der Waals surface area contributed by atoms with Gasteiger partial charge < -0.3 is 4.90 Å². The normalized spacial score (nSPS) is 19.6. The van der Waals surface area contributed by atoms with E-state index in [-0.39, 0.29) is 12.3 Å². The molecule has 1 heterocycles. The lowest BCUT2D eigenvalue weighted by Gasteiger charge is -2.31. The number of hydrogen-bond acceptors (Lipinski definition) is 1. The van der Waals surface area contributed by atoms with Crippen molar-refractivity contribution < 1.29 is 13.6 Å². The number of nitrogens with zero attached hydrogens (tertiary/aromatic N) is 1. The summed E-state index contributed by atoms with van der Waals surface area (Å²) in [5.41, 5.74) is 0. The van der Waals surface area contributed by atoms with E-state index in [1.165, 1.54) is 18.2 Å². The Balaban J connectivity index is 0.000000500. The third-order valence-corrected chi connectivity index (χ3v) is 1.84. The second kappa shape index (κ2) is 5.94. The largest absolute Gasteiger partial charge is 0.337 e. The molecule has 4 heteroatoms. The van der Waals surface area contributed by atoms with Crippen molar-refractivity contribution in [3.8, 4) is 0 Å². The summed E-state index contributed by atoms with van der Waals surface area (Å²) in [5, 5.41) is 0. The zero-order valence-electron chi connectivity index (χ0n) is 9.15. The van der Waals surface area contributed by atoms with Crippen molar-refractivity contribution in [1.29, 1.82) is 0 Å². The van der Waals surface area contributed by atoms with E-state index in [0.29, 0.717) is 13.0 Å². The standard InChI is InChI=1S/C7H11F2NO.C3H8/c1-6(11)10-4-2-3-7(8,9)5-10;1-3-2/h2-5H2,1H3;3H2,1-2H3. The van der Waals surface area contributed by atoms with Crippen LogP contribution in [0, 0.1) is 0 Å². The summed E-state index contributed by atoms with van der Waals surface area (Å²) in [4.78, 5) is 11.9. The predicted molar refractivity (Wildman–Crippen MR) is 52.4 cm³/mol. The molecule has 1 amide bonds. The topological polar surface area (TPSA) is 20.3 Å². The van der Waals surface area contributed by atoms with Gasteiger partial charge in [0.2, 0.25) is 5.91 Å². The molecule has 0 saturated carbocycles. The van der Waals surface area contributed by atoms with Crippen LogP contribution in [0.4, 0.5) is 8.78 Å².